The Bertz CT molecular complexity index is 604. The fraction of sp³-hybridized carbons (Fsp3) is 0.500. The van der Waals surface area contributed by atoms with Crippen molar-refractivity contribution in [3.63, 3.8) is 0 Å². The smallest absolute Gasteiger partial charge is 0.305 e. The second-order valence-electron chi connectivity index (χ2n) is 5.41. The van der Waals surface area contributed by atoms with Crippen LogP contribution in [0.1, 0.15) is 32.1 Å². The van der Waals surface area contributed by atoms with E-state index in [0.717, 1.165) is 31.4 Å². The number of carbonyl (C=O) groups is 1. The standard InChI is InChI=1S/C14H20N2O4S/c1-15-21(19,20)12-6-4-11(5-7-12)16-14(10-13(17)18)8-2-3-9-14/h4-7,15-16H,2-3,8-10H2,1H3,(H,17,18). The largest absolute Gasteiger partial charge is 0.481 e. The number of hydrogen-bond donors (Lipinski definition) is 3. The molecule has 0 spiro atoms. The summed E-state index contributed by atoms with van der Waals surface area (Å²) in [6, 6.07) is 6.37. The first-order chi connectivity index (χ1) is 9.87. The topological polar surface area (TPSA) is 95.5 Å². The van der Waals surface area contributed by atoms with Crippen LogP contribution in [-0.2, 0) is 14.8 Å². The average Bonchev–Trinajstić information content (AvgIpc) is 2.86. The van der Waals surface area contributed by atoms with Crippen LogP contribution in [0.25, 0.3) is 0 Å². The van der Waals surface area contributed by atoms with Crippen molar-refractivity contribution in [2.45, 2.75) is 42.5 Å². The summed E-state index contributed by atoms with van der Waals surface area (Å²) in [5, 5.41) is 12.4. The van der Waals surface area contributed by atoms with Crippen LogP contribution in [-0.4, -0.2) is 32.1 Å². The highest BCUT2D eigenvalue weighted by atomic mass is 32.2. The normalized spacial score (nSPS) is 17.6. The molecule has 0 radical (unpaired) electrons. The number of nitrogens with one attached hydrogen (secondary N) is 2. The van der Waals surface area contributed by atoms with Crippen LogP contribution in [0.3, 0.4) is 0 Å². The van der Waals surface area contributed by atoms with Crippen molar-refractivity contribution in [1.82, 2.24) is 4.72 Å². The van der Waals surface area contributed by atoms with Crippen molar-refractivity contribution >= 4 is 21.7 Å². The first-order valence-corrected chi connectivity index (χ1v) is 8.39. The van der Waals surface area contributed by atoms with E-state index in [1.165, 1.54) is 19.2 Å². The highest BCUT2D eigenvalue weighted by Crippen LogP contribution is 2.36. The fourth-order valence-electron chi connectivity index (χ4n) is 2.83. The molecule has 1 saturated carbocycles. The lowest BCUT2D eigenvalue weighted by Crippen LogP contribution is -2.37. The van der Waals surface area contributed by atoms with E-state index in [9.17, 15) is 13.2 Å². The lowest BCUT2D eigenvalue weighted by molar-refractivity contribution is -0.138. The molecule has 0 amide bonds. The molecule has 116 valence electrons. The number of benzene rings is 1. The third-order valence-corrected chi connectivity index (χ3v) is 5.32. The molecule has 1 aliphatic carbocycles. The van der Waals surface area contributed by atoms with Gasteiger partial charge < -0.3 is 10.4 Å². The van der Waals surface area contributed by atoms with E-state index in [1.54, 1.807) is 12.1 Å². The number of carboxylic acids is 1. The Kier molecular flexibility index (Phi) is 4.53. The van der Waals surface area contributed by atoms with Crippen LogP contribution in [0.4, 0.5) is 5.69 Å². The molecular weight excluding hydrogens is 292 g/mol. The van der Waals surface area contributed by atoms with Gasteiger partial charge in [-0.1, -0.05) is 12.8 Å². The fourth-order valence-corrected chi connectivity index (χ4v) is 3.56. The van der Waals surface area contributed by atoms with Crippen LogP contribution in [0.5, 0.6) is 0 Å². The van der Waals surface area contributed by atoms with Crippen LogP contribution in [0, 0.1) is 0 Å². The van der Waals surface area contributed by atoms with E-state index in [1.807, 2.05) is 0 Å². The molecule has 1 fully saturated rings. The van der Waals surface area contributed by atoms with Crippen LogP contribution in [0.2, 0.25) is 0 Å². The highest BCUT2D eigenvalue weighted by Gasteiger charge is 2.35. The maximum atomic E-state index is 11.7. The molecule has 0 aliphatic heterocycles. The lowest BCUT2D eigenvalue weighted by Gasteiger charge is -2.30. The molecule has 6 nitrogen and oxygen atoms in total. The minimum Gasteiger partial charge on any atom is -0.481 e. The summed E-state index contributed by atoms with van der Waals surface area (Å²) in [6.07, 6.45) is 3.72. The van der Waals surface area contributed by atoms with Gasteiger partial charge in [0.25, 0.3) is 0 Å². The first kappa shape index (κ1) is 15.8. The second kappa shape index (κ2) is 6.03. The molecule has 0 unspecified atom stereocenters. The van der Waals surface area contributed by atoms with Crippen molar-refractivity contribution in [1.29, 1.82) is 0 Å². The summed E-state index contributed by atoms with van der Waals surface area (Å²) in [5.41, 5.74) is 0.322. The predicted molar refractivity (Wildman–Crippen MR) is 79.8 cm³/mol. The second-order valence-corrected chi connectivity index (χ2v) is 7.30. The van der Waals surface area contributed by atoms with Crippen LogP contribution in [0.15, 0.2) is 29.2 Å². The summed E-state index contributed by atoms with van der Waals surface area (Å²) in [6.45, 7) is 0. The van der Waals surface area contributed by atoms with Gasteiger partial charge in [0.1, 0.15) is 0 Å². The quantitative estimate of drug-likeness (QED) is 0.744. The molecule has 1 aromatic carbocycles. The Morgan fingerprint density at radius 3 is 2.29 bits per heavy atom. The zero-order valence-corrected chi connectivity index (χ0v) is 12.7. The lowest BCUT2D eigenvalue weighted by atomic mass is 9.93. The van der Waals surface area contributed by atoms with Gasteiger partial charge in [-0.3, -0.25) is 4.79 Å². The molecular formula is C14H20N2O4S. The number of sulfonamides is 1. The third-order valence-electron chi connectivity index (χ3n) is 3.89. The molecule has 21 heavy (non-hydrogen) atoms. The van der Waals surface area contributed by atoms with Crippen molar-refractivity contribution in [2.24, 2.45) is 0 Å². The molecule has 0 atom stereocenters. The van der Waals surface area contributed by atoms with E-state index in [-0.39, 0.29) is 11.3 Å². The first-order valence-electron chi connectivity index (χ1n) is 6.90. The van der Waals surface area contributed by atoms with Crippen molar-refractivity contribution in [2.75, 3.05) is 12.4 Å². The summed E-state index contributed by atoms with van der Waals surface area (Å²) in [7, 11) is -2.09. The van der Waals surface area contributed by atoms with Crippen molar-refractivity contribution in [3.8, 4) is 0 Å². The predicted octanol–water partition coefficient (Wildman–Crippen LogP) is 1.79. The molecule has 0 saturated heterocycles. The van der Waals surface area contributed by atoms with Gasteiger partial charge in [-0.2, -0.15) is 0 Å². The molecule has 0 aromatic heterocycles. The Labute approximate surface area is 124 Å². The number of carboxylic acid groups (broad SMARTS) is 1. The van der Waals surface area contributed by atoms with E-state index in [4.69, 9.17) is 5.11 Å². The summed E-state index contributed by atoms with van der Waals surface area (Å²) < 4.78 is 25.6. The Morgan fingerprint density at radius 1 is 1.24 bits per heavy atom. The SMILES string of the molecule is CNS(=O)(=O)c1ccc(NC2(CC(=O)O)CCCC2)cc1. The van der Waals surface area contributed by atoms with Gasteiger partial charge in [-0.25, -0.2) is 13.1 Å². The van der Waals surface area contributed by atoms with E-state index in [2.05, 4.69) is 10.0 Å². The minimum atomic E-state index is -3.45. The summed E-state index contributed by atoms with van der Waals surface area (Å²) in [5.74, 6) is -0.821. The Hall–Kier alpha value is -1.60. The molecule has 3 N–H and O–H groups in total. The van der Waals surface area contributed by atoms with E-state index < -0.39 is 21.5 Å². The third kappa shape index (κ3) is 3.74. The average molecular weight is 312 g/mol. The van der Waals surface area contributed by atoms with Gasteiger partial charge in [0.15, 0.2) is 0 Å². The number of aliphatic carboxylic acids is 1. The van der Waals surface area contributed by atoms with Gasteiger partial charge in [0, 0.05) is 11.2 Å². The Morgan fingerprint density at radius 2 is 1.81 bits per heavy atom. The minimum absolute atomic E-state index is 0.0730. The van der Waals surface area contributed by atoms with Crippen LogP contribution < -0.4 is 10.0 Å². The molecule has 1 aromatic rings. The number of hydrogen-bond acceptors (Lipinski definition) is 4. The van der Waals surface area contributed by atoms with Crippen molar-refractivity contribution in [3.05, 3.63) is 24.3 Å². The zero-order valence-electron chi connectivity index (χ0n) is 11.9. The van der Waals surface area contributed by atoms with Gasteiger partial charge in [0.05, 0.1) is 11.3 Å². The van der Waals surface area contributed by atoms with Crippen LogP contribution >= 0.6 is 0 Å². The van der Waals surface area contributed by atoms with E-state index in [0.29, 0.717) is 0 Å². The Balaban J connectivity index is 2.17. The maximum absolute atomic E-state index is 11.7. The maximum Gasteiger partial charge on any atom is 0.305 e. The van der Waals surface area contributed by atoms with Gasteiger partial charge in [-0.05, 0) is 44.2 Å². The molecule has 0 heterocycles. The zero-order chi connectivity index (χ0) is 15.5. The number of anilines is 1. The summed E-state index contributed by atoms with van der Waals surface area (Å²) >= 11 is 0. The van der Waals surface area contributed by atoms with Gasteiger partial charge in [0.2, 0.25) is 10.0 Å². The summed E-state index contributed by atoms with van der Waals surface area (Å²) in [4.78, 5) is 11.2. The molecule has 1 aliphatic rings. The number of rotatable bonds is 6. The van der Waals surface area contributed by atoms with Crippen molar-refractivity contribution < 1.29 is 18.3 Å². The highest BCUT2D eigenvalue weighted by molar-refractivity contribution is 7.89. The molecule has 2 rings (SSSR count). The monoisotopic (exact) mass is 312 g/mol. The van der Waals surface area contributed by atoms with Gasteiger partial charge >= 0.3 is 5.97 Å². The molecule has 7 heteroatoms. The molecule has 0 bridgehead atoms. The van der Waals surface area contributed by atoms with E-state index >= 15 is 0 Å². The van der Waals surface area contributed by atoms with Gasteiger partial charge in [-0.15, -0.1) is 0 Å².